The van der Waals surface area contributed by atoms with Gasteiger partial charge in [0.25, 0.3) is 5.91 Å². The van der Waals surface area contributed by atoms with Gasteiger partial charge in [0.2, 0.25) is 0 Å². The van der Waals surface area contributed by atoms with Crippen LogP contribution in [0.25, 0.3) is 0 Å². The zero-order valence-electron chi connectivity index (χ0n) is 9.60. The number of hydrogen-bond acceptors (Lipinski definition) is 2. The van der Waals surface area contributed by atoms with E-state index in [1.165, 1.54) is 0 Å². The molecule has 18 heavy (non-hydrogen) atoms. The van der Waals surface area contributed by atoms with E-state index in [1.54, 1.807) is 17.0 Å². The van der Waals surface area contributed by atoms with E-state index < -0.39 is 6.09 Å². The molecule has 2 amide bonds. The quantitative estimate of drug-likeness (QED) is 0.876. The Balaban J connectivity index is 1.99. The predicted molar refractivity (Wildman–Crippen MR) is 69.6 cm³/mol. The zero-order chi connectivity index (χ0) is 13.1. The Kier molecular flexibility index (Phi) is 3.86. The van der Waals surface area contributed by atoms with Crippen molar-refractivity contribution < 1.29 is 14.7 Å². The molecule has 1 fully saturated rings. The van der Waals surface area contributed by atoms with E-state index in [2.05, 4.69) is 21.2 Å². The molecule has 1 atom stereocenters. The molecule has 1 saturated heterocycles. The highest BCUT2D eigenvalue weighted by Crippen LogP contribution is 2.16. The highest BCUT2D eigenvalue weighted by atomic mass is 79.9. The number of rotatable bonds is 2. The van der Waals surface area contributed by atoms with Gasteiger partial charge in [0.1, 0.15) is 0 Å². The maximum absolute atomic E-state index is 12.1. The van der Waals surface area contributed by atoms with Crippen LogP contribution in [0.4, 0.5) is 4.79 Å². The summed E-state index contributed by atoms with van der Waals surface area (Å²) in [6, 6.07) is 6.98. The fraction of sp³-hybridized carbons (Fsp3) is 0.333. The zero-order valence-corrected chi connectivity index (χ0v) is 11.2. The molecule has 0 spiro atoms. The molecule has 1 aliphatic heterocycles. The van der Waals surface area contributed by atoms with Crippen molar-refractivity contribution in [2.45, 2.75) is 12.5 Å². The molecule has 5 nitrogen and oxygen atoms in total. The third kappa shape index (κ3) is 3.01. The molecular formula is C12H13BrN2O3. The minimum atomic E-state index is -1.04. The Labute approximate surface area is 113 Å². The molecule has 1 aliphatic rings. The minimum absolute atomic E-state index is 0.0582. The summed E-state index contributed by atoms with van der Waals surface area (Å²) >= 11 is 3.31. The normalized spacial score (nSPS) is 18.7. The van der Waals surface area contributed by atoms with Crippen LogP contribution in [0.1, 0.15) is 16.8 Å². The van der Waals surface area contributed by atoms with E-state index >= 15 is 0 Å². The number of carbonyl (C=O) groups excluding carboxylic acids is 1. The van der Waals surface area contributed by atoms with Crippen LogP contribution in [0.5, 0.6) is 0 Å². The summed E-state index contributed by atoms with van der Waals surface area (Å²) in [6.07, 6.45) is -0.382. The van der Waals surface area contributed by atoms with Gasteiger partial charge >= 0.3 is 6.09 Å². The highest BCUT2D eigenvalue weighted by molar-refractivity contribution is 9.10. The highest BCUT2D eigenvalue weighted by Gasteiger charge is 2.27. The number of hydrogen-bond donors (Lipinski definition) is 2. The molecule has 1 aromatic carbocycles. The second-order valence-electron chi connectivity index (χ2n) is 4.19. The third-order valence-electron chi connectivity index (χ3n) is 2.89. The van der Waals surface area contributed by atoms with Crippen LogP contribution >= 0.6 is 15.9 Å². The van der Waals surface area contributed by atoms with E-state index in [4.69, 9.17) is 5.11 Å². The first-order valence-corrected chi connectivity index (χ1v) is 6.40. The SMILES string of the molecule is O=C(O)NC1CCN(C(=O)c2ccc(Br)cc2)C1. The van der Waals surface area contributed by atoms with Gasteiger partial charge in [-0.25, -0.2) is 4.79 Å². The van der Waals surface area contributed by atoms with Crippen molar-refractivity contribution in [3.8, 4) is 0 Å². The number of carbonyl (C=O) groups is 2. The molecular weight excluding hydrogens is 300 g/mol. The smallest absolute Gasteiger partial charge is 0.404 e. The summed E-state index contributed by atoms with van der Waals surface area (Å²) in [6.45, 7) is 1.01. The summed E-state index contributed by atoms with van der Waals surface area (Å²) in [4.78, 5) is 24.3. The Morgan fingerprint density at radius 2 is 2.00 bits per heavy atom. The molecule has 1 aromatic rings. The van der Waals surface area contributed by atoms with Crippen LogP contribution in [-0.2, 0) is 0 Å². The summed E-state index contributed by atoms with van der Waals surface area (Å²) in [5.41, 5.74) is 0.620. The molecule has 96 valence electrons. The van der Waals surface area contributed by atoms with Crippen LogP contribution in [0, 0.1) is 0 Å². The first-order chi connectivity index (χ1) is 8.56. The van der Waals surface area contributed by atoms with E-state index in [0.717, 1.165) is 4.47 Å². The molecule has 2 rings (SSSR count). The standard InChI is InChI=1S/C12H13BrN2O3/c13-9-3-1-8(2-4-9)11(16)15-6-5-10(7-15)14-12(17)18/h1-4,10,14H,5-7H2,(H,17,18). The minimum Gasteiger partial charge on any atom is -0.465 e. The second-order valence-corrected chi connectivity index (χ2v) is 5.11. The maximum Gasteiger partial charge on any atom is 0.404 e. The third-order valence-corrected chi connectivity index (χ3v) is 3.42. The van der Waals surface area contributed by atoms with Crippen LogP contribution in [0.2, 0.25) is 0 Å². The van der Waals surface area contributed by atoms with E-state index in [0.29, 0.717) is 25.1 Å². The fourth-order valence-corrected chi connectivity index (χ4v) is 2.28. The molecule has 1 heterocycles. The van der Waals surface area contributed by atoms with Crippen LogP contribution in [-0.4, -0.2) is 41.1 Å². The van der Waals surface area contributed by atoms with Crippen molar-refractivity contribution >= 4 is 27.9 Å². The van der Waals surface area contributed by atoms with Crippen molar-refractivity contribution in [1.82, 2.24) is 10.2 Å². The molecule has 0 aliphatic carbocycles. The molecule has 0 saturated carbocycles. The van der Waals surface area contributed by atoms with Crippen molar-refractivity contribution in [3.63, 3.8) is 0 Å². The number of nitrogens with one attached hydrogen (secondary N) is 1. The van der Waals surface area contributed by atoms with Gasteiger partial charge in [0, 0.05) is 23.1 Å². The molecule has 2 N–H and O–H groups in total. The fourth-order valence-electron chi connectivity index (χ4n) is 2.01. The van der Waals surface area contributed by atoms with Crippen molar-refractivity contribution in [1.29, 1.82) is 0 Å². The first kappa shape index (κ1) is 12.9. The largest absolute Gasteiger partial charge is 0.465 e. The van der Waals surface area contributed by atoms with Gasteiger partial charge in [-0.05, 0) is 30.7 Å². The summed E-state index contributed by atoms with van der Waals surface area (Å²) in [7, 11) is 0. The molecule has 0 radical (unpaired) electrons. The lowest BCUT2D eigenvalue weighted by atomic mass is 10.2. The number of nitrogens with zero attached hydrogens (tertiary/aromatic N) is 1. The number of amides is 2. The average Bonchev–Trinajstić information content (AvgIpc) is 2.76. The molecule has 0 bridgehead atoms. The lowest BCUT2D eigenvalue weighted by Crippen LogP contribution is -2.37. The number of likely N-dealkylation sites (tertiary alicyclic amines) is 1. The van der Waals surface area contributed by atoms with Gasteiger partial charge in [-0.3, -0.25) is 4.79 Å². The van der Waals surface area contributed by atoms with Gasteiger partial charge < -0.3 is 15.3 Å². The predicted octanol–water partition coefficient (Wildman–Crippen LogP) is 1.93. The second kappa shape index (κ2) is 5.39. The number of carboxylic acid groups (broad SMARTS) is 1. The average molecular weight is 313 g/mol. The number of halogens is 1. The topological polar surface area (TPSA) is 69.6 Å². The summed E-state index contributed by atoms with van der Waals surface area (Å²) in [5, 5.41) is 11.0. The van der Waals surface area contributed by atoms with Gasteiger partial charge in [0.15, 0.2) is 0 Å². The van der Waals surface area contributed by atoms with Gasteiger partial charge in [0.05, 0.1) is 6.04 Å². The molecule has 0 aromatic heterocycles. The van der Waals surface area contributed by atoms with E-state index in [-0.39, 0.29) is 11.9 Å². The molecule has 6 heteroatoms. The van der Waals surface area contributed by atoms with Gasteiger partial charge in [-0.1, -0.05) is 15.9 Å². The van der Waals surface area contributed by atoms with Crippen LogP contribution in [0.15, 0.2) is 28.7 Å². The van der Waals surface area contributed by atoms with E-state index in [1.807, 2.05) is 12.1 Å². The number of benzene rings is 1. The lowest BCUT2D eigenvalue weighted by molar-refractivity contribution is 0.0788. The summed E-state index contributed by atoms with van der Waals surface area (Å²) in [5.74, 6) is -0.0582. The Morgan fingerprint density at radius 3 is 2.61 bits per heavy atom. The Morgan fingerprint density at radius 1 is 1.33 bits per heavy atom. The van der Waals surface area contributed by atoms with Crippen LogP contribution < -0.4 is 5.32 Å². The Hall–Kier alpha value is -1.56. The lowest BCUT2D eigenvalue weighted by Gasteiger charge is -2.16. The van der Waals surface area contributed by atoms with E-state index in [9.17, 15) is 9.59 Å². The maximum atomic E-state index is 12.1. The summed E-state index contributed by atoms with van der Waals surface area (Å²) < 4.78 is 0.922. The first-order valence-electron chi connectivity index (χ1n) is 5.60. The Bertz CT molecular complexity index is 461. The van der Waals surface area contributed by atoms with Crippen molar-refractivity contribution in [2.24, 2.45) is 0 Å². The molecule has 1 unspecified atom stereocenters. The van der Waals surface area contributed by atoms with Crippen molar-refractivity contribution in [3.05, 3.63) is 34.3 Å². The van der Waals surface area contributed by atoms with Gasteiger partial charge in [-0.2, -0.15) is 0 Å². The van der Waals surface area contributed by atoms with Crippen molar-refractivity contribution in [2.75, 3.05) is 13.1 Å². The van der Waals surface area contributed by atoms with Crippen LogP contribution in [0.3, 0.4) is 0 Å². The van der Waals surface area contributed by atoms with Gasteiger partial charge in [-0.15, -0.1) is 0 Å². The monoisotopic (exact) mass is 312 g/mol.